The van der Waals surface area contributed by atoms with Crippen molar-refractivity contribution < 1.29 is 23.9 Å². The molecule has 5 heteroatoms. The summed E-state index contributed by atoms with van der Waals surface area (Å²) in [6.45, 7) is 4.12. The van der Waals surface area contributed by atoms with Crippen LogP contribution in [0.15, 0.2) is 60.7 Å². The average Bonchev–Trinajstić information content (AvgIpc) is 2.70. The number of benzene rings is 2. The Morgan fingerprint density at radius 3 is 1.93 bits per heavy atom. The highest BCUT2D eigenvalue weighted by Crippen LogP contribution is 2.32. The molecule has 1 unspecified atom stereocenters. The van der Waals surface area contributed by atoms with Crippen LogP contribution in [-0.4, -0.2) is 24.5 Å². The quantitative estimate of drug-likeness (QED) is 0.519. The van der Waals surface area contributed by atoms with Crippen molar-refractivity contribution in [1.82, 2.24) is 0 Å². The molecule has 2 rings (SSSR count). The first-order chi connectivity index (χ1) is 13.1. The second kappa shape index (κ2) is 12.3. The molecule has 0 radical (unpaired) electrons. The Bertz CT molecular complexity index is 734. The first kappa shape index (κ1) is 22.0. The number of Topliss-reactive ketones (excluding diaryl/α,β-unsaturated/α-hetero) is 1. The number of esters is 1. The van der Waals surface area contributed by atoms with Crippen LogP contribution in [-0.2, 0) is 19.1 Å². The van der Waals surface area contributed by atoms with Crippen LogP contribution in [0.25, 0.3) is 0 Å². The maximum Gasteiger partial charge on any atom is 0.373 e. The normalized spacial score (nSPS) is 11.9. The third kappa shape index (κ3) is 7.00. The van der Waals surface area contributed by atoms with Gasteiger partial charge in [-0.15, -0.1) is 0 Å². The van der Waals surface area contributed by atoms with Gasteiger partial charge in [0.2, 0.25) is 0 Å². The summed E-state index contributed by atoms with van der Waals surface area (Å²) >= 11 is 0. The molecule has 0 bridgehead atoms. The van der Waals surface area contributed by atoms with Crippen molar-refractivity contribution in [2.75, 3.05) is 6.61 Å². The summed E-state index contributed by atoms with van der Waals surface area (Å²) < 4.78 is 5.23. The third-order valence-corrected chi connectivity index (χ3v) is 4.24. The molecule has 2 aromatic carbocycles. The van der Waals surface area contributed by atoms with Crippen molar-refractivity contribution in [1.29, 1.82) is 0 Å². The minimum atomic E-state index is -0.319. The maximum atomic E-state index is 12.7. The van der Waals surface area contributed by atoms with Gasteiger partial charge in [0.05, 0.1) is 12.5 Å². The smallest absolute Gasteiger partial charge is 0.373 e. The number of ether oxygens (including phenoxy) is 1. The van der Waals surface area contributed by atoms with Crippen LogP contribution in [0.2, 0.25) is 0 Å². The van der Waals surface area contributed by atoms with Crippen LogP contribution in [0.5, 0.6) is 0 Å². The monoisotopic (exact) mass is 368 g/mol. The Hall–Kier alpha value is -3.04. The van der Waals surface area contributed by atoms with Crippen LogP contribution in [0.3, 0.4) is 0 Å². The number of hydrogen-bond donors (Lipinski definition) is 0. The lowest BCUT2D eigenvalue weighted by Gasteiger charge is -2.24. The van der Waals surface area contributed by atoms with E-state index in [1.807, 2.05) is 67.6 Å². The molecule has 142 valence electrons. The molecule has 0 heterocycles. The van der Waals surface area contributed by atoms with Crippen LogP contribution in [0.4, 0.5) is 0 Å². The van der Waals surface area contributed by atoms with E-state index in [4.69, 9.17) is 14.3 Å². The molecule has 5 nitrogen and oxygen atoms in total. The third-order valence-electron chi connectivity index (χ3n) is 4.24. The molecule has 0 aliphatic rings. The Morgan fingerprint density at radius 2 is 1.44 bits per heavy atom. The van der Waals surface area contributed by atoms with E-state index in [0.29, 0.717) is 25.0 Å². The number of carbonyl (C=O) groups excluding carboxylic acids is 4. The topological polar surface area (TPSA) is 77.5 Å². The highest BCUT2D eigenvalue weighted by molar-refractivity contribution is 5.96. The van der Waals surface area contributed by atoms with Gasteiger partial charge in [-0.25, -0.2) is 0 Å². The zero-order valence-electron chi connectivity index (χ0n) is 15.6. The molecule has 0 fully saturated rings. The number of ketones is 1. The fourth-order valence-electron chi connectivity index (χ4n) is 3.00. The fraction of sp³-hybridized carbons (Fsp3) is 0.318. The molecule has 0 saturated carbocycles. The Balaban J connectivity index is 0.00000114. The van der Waals surface area contributed by atoms with Crippen molar-refractivity contribution in [2.45, 2.75) is 32.6 Å². The summed E-state index contributed by atoms with van der Waals surface area (Å²) in [5.74, 6) is -0.676. The minimum absolute atomic E-state index is 0.0483. The SMILES string of the molecule is CCOC(=O)C(CC)[C@H](CC(=O)c1ccccc1)c1ccccc1.O=C=O. The molecule has 0 saturated heterocycles. The van der Waals surface area contributed by atoms with Crippen molar-refractivity contribution in [3.8, 4) is 0 Å². The molecule has 0 N–H and O–H groups in total. The molecular formula is C22H24O5. The van der Waals surface area contributed by atoms with E-state index in [-0.39, 0.29) is 29.7 Å². The van der Waals surface area contributed by atoms with E-state index >= 15 is 0 Å². The predicted molar refractivity (Wildman–Crippen MR) is 100.0 cm³/mol. The van der Waals surface area contributed by atoms with E-state index < -0.39 is 0 Å². The van der Waals surface area contributed by atoms with Crippen molar-refractivity contribution in [3.63, 3.8) is 0 Å². The van der Waals surface area contributed by atoms with Gasteiger partial charge in [-0.3, -0.25) is 9.59 Å². The first-order valence-corrected chi connectivity index (χ1v) is 8.88. The van der Waals surface area contributed by atoms with Gasteiger partial charge in [0.1, 0.15) is 0 Å². The van der Waals surface area contributed by atoms with Gasteiger partial charge in [0, 0.05) is 17.9 Å². The Morgan fingerprint density at radius 1 is 0.926 bits per heavy atom. The van der Waals surface area contributed by atoms with Gasteiger partial charge < -0.3 is 4.74 Å². The zero-order chi connectivity index (χ0) is 20.1. The second-order valence-electron chi connectivity index (χ2n) is 5.86. The van der Waals surface area contributed by atoms with Gasteiger partial charge in [0.15, 0.2) is 5.78 Å². The Labute approximate surface area is 159 Å². The van der Waals surface area contributed by atoms with E-state index in [1.54, 1.807) is 6.92 Å². The minimum Gasteiger partial charge on any atom is -0.466 e. The van der Waals surface area contributed by atoms with Crippen LogP contribution in [0.1, 0.15) is 48.5 Å². The molecule has 2 atom stereocenters. The van der Waals surface area contributed by atoms with E-state index in [0.717, 1.165) is 5.56 Å². The molecule has 0 aliphatic carbocycles. The lowest BCUT2D eigenvalue weighted by atomic mass is 9.80. The van der Waals surface area contributed by atoms with Gasteiger partial charge in [-0.1, -0.05) is 67.6 Å². The second-order valence-corrected chi connectivity index (χ2v) is 5.86. The molecule has 0 aromatic heterocycles. The summed E-state index contributed by atoms with van der Waals surface area (Å²) in [4.78, 5) is 41.3. The maximum absolute atomic E-state index is 12.7. The molecule has 27 heavy (non-hydrogen) atoms. The van der Waals surface area contributed by atoms with E-state index in [9.17, 15) is 9.59 Å². The van der Waals surface area contributed by atoms with Crippen molar-refractivity contribution in [2.24, 2.45) is 5.92 Å². The zero-order valence-corrected chi connectivity index (χ0v) is 15.6. The van der Waals surface area contributed by atoms with E-state index in [1.165, 1.54) is 0 Å². The van der Waals surface area contributed by atoms with Crippen LogP contribution >= 0.6 is 0 Å². The fourth-order valence-corrected chi connectivity index (χ4v) is 3.00. The summed E-state index contributed by atoms with van der Waals surface area (Å²) in [5, 5.41) is 0. The van der Waals surface area contributed by atoms with Crippen LogP contribution in [0, 0.1) is 5.92 Å². The lowest BCUT2D eigenvalue weighted by Crippen LogP contribution is -2.26. The molecular weight excluding hydrogens is 344 g/mol. The van der Waals surface area contributed by atoms with Crippen molar-refractivity contribution >= 4 is 17.9 Å². The highest BCUT2D eigenvalue weighted by atomic mass is 16.5. The van der Waals surface area contributed by atoms with Gasteiger partial charge in [0.25, 0.3) is 0 Å². The number of carbonyl (C=O) groups is 2. The van der Waals surface area contributed by atoms with Crippen molar-refractivity contribution in [3.05, 3.63) is 71.8 Å². The molecule has 0 spiro atoms. The summed E-state index contributed by atoms with van der Waals surface area (Å²) in [7, 11) is 0. The Kier molecular flexibility index (Phi) is 10.1. The standard InChI is InChI=1S/C21H24O3.CO2/c1-3-18(21(23)24-4-2)19(16-11-7-5-8-12-16)15-20(22)17-13-9-6-10-14-17;2-1-3/h5-14,18-19H,3-4,15H2,1-2H3;/t18?,19-;/m1./s1. The van der Waals surface area contributed by atoms with Crippen LogP contribution < -0.4 is 0 Å². The largest absolute Gasteiger partial charge is 0.466 e. The van der Waals surface area contributed by atoms with Gasteiger partial charge in [-0.2, -0.15) is 9.59 Å². The van der Waals surface area contributed by atoms with E-state index in [2.05, 4.69) is 0 Å². The summed E-state index contributed by atoms with van der Waals surface area (Å²) in [5.41, 5.74) is 1.68. The molecule has 0 amide bonds. The summed E-state index contributed by atoms with van der Waals surface area (Å²) in [6.07, 6.45) is 1.19. The first-order valence-electron chi connectivity index (χ1n) is 8.88. The lowest BCUT2D eigenvalue weighted by molar-refractivity contribution is -0.191. The van der Waals surface area contributed by atoms with Gasteiger partial charge >= 0.3 is 12.1 Å². The highest BCUT2D eigenvalue weighted by Gasteiger charge is 2.31. The predicted octanol–water partition coefficient (Wildman–Crippen LogP) is 4.05. The molecule has 0 aliphatic heterocycles. The average molecular weight is 368 g/mol. The summed E-state index contributed by atoms with van der Waals surface area (Å²) in [6, 6.07) is 19.0. The number of hydrogen-bond acceptors (Lipinski definition) is 5. The number of rotatable bonds is 8. The molecule has 2 aromatic rings. The van der Waals surface area contributed by atoms with Gasteiger partial charge in [-0.05, 0) is 18.9 Å².